The lowest BCUT2D eigenvalue weighted by atomic mass is 9.85. The van der Waals surface area contributed by atoms with Gasteiger partial charge in [-0.1, -0.05) is 19.3 Å². The van der Waals surface area contributed by atoms with Crippen LogP contribution in [0.25, 0.3) is 0 Å². The first-order valence-corrected chi connectivity index (χ1v) is 5.87. The first-order valence-electron chi connectivity index (χ1n) is 5.87. The van der Waals surface area contributed by atoms with Crippen molar-refractivity contribution < 1.29 is 4.79 Å². The van der Waals surface area contributed by atoms with Crippen LogP contribution in [0.5, 0.6) is 0 Å². The molecule has 1 fully saturated rings. The van der Waals surface area contributed by atoms with E-state index in [0.717, 1.165) is 18.4 Å². The van der Waals surface area contributed by atoms with Gasteiger partial charge in [-0.05, 0) is 19.8 Å². The van der Waals surface area contributed by atoms with Gasteiger partial charge in [0.15, 0.2) is 6.29 Å². The Bertz CT molecular complexity index is 337. The number of aldehydes is 1. The van der Waals surface area contributed by atoms with E-state index < -0.39 is 0 Å². The smallest absolute Gasteiger partial charge is 0.153 e. The van der Waals surface area contributed by atoms with E-state index in [1.54, 1.807) is 6.20 Å². The molecule has 0 N–H and O–H groups in total. The van der Waals surface area contributed by atoms with E-state index in [4.69, 9.17) is 0 Å². The molecular weight excluding hydrogens is 188 g/mol. The first-order chi connectivity index (χ1) is 7.36. The molecule has 0 aromatic carbocycles. The van der Waals surface area contributed by atoms with Crippen LogP contribution >= 0.6 is 0 Å². The second-order valence-electron chi connectivity index (χ2n) is 4.25. The normalized spacial score (nSPS) is 17.9. The number of carbonyl (C=O) groups is 1. The average molecular weight is 206 g/mol. The fourth-order valence-electron chi connectivity index (χ4n) is 2.57. The highest BCUT2D eigenvalue weighted by Crippen LogP contribution is 2.33. The highest BCUT2D eigenvalue weighted by Gasteiger charge is 2.22. The zero-order valence-electron chi connectivity index (χ0n) is 9.28. The first kappa shape index (κ1) is 10.4. The fraction of sp³-hybridized carbons (Fsp3) is 0.667. The van der Waals surface area contributed by atoms with Gasteiger partial charge in [-0.25, -0.2) is 0 Å². The average Bonchev–Trinajstić information content (AvgIpc) is 2.72. The number of aromatic nitrogens is 2. The monoisotopic (exact) mass is 206 g/mol. The van der Waals surface area contributed by atoms with Crippen molar-refractivity contribution in [2.75, 3.05) is 0 Å². The van der Waals surface area contributed by atoms with Crippen molar-refractivity contribution in [1.29, 1.82) is 0 Å². The van der Waals surface area contributed by atoms with Gasteiger partial charge in [0.1, 0.15) is 0 Å². The van der Waals surface area contributed by atoms with Crippen LogP contribution in [0.4, 0.5) is 0 Å². The van der Waals surface area contributed by atoms with Gasteiger partial charge in [0.25, 0.3) is 0 Å². The van der Waals surface area contributed by atoms with E-state index in [1.807, 2.05) is 4.68 Å². The predicted octanol–water partition coefficient (Wildman–Crippen LogP) is 2.76. The summed E-state index contributed by atoms with van der Waals surface area (Å²) in [6.45, 7) is 2.94. The van der Waals surface area contributed by atoms with E-state index in [0.29, 0.717) is 5.92 Å². The molecule has 0 spiro atoms. The Kier molecular flexibility index (Phi) is 3.19. The number of aryl methyl sites for hydroxylation is 1. The molecule has 0 aliphatic heterocycles. The molecule has 0 radical (unpaired) electrons. The van der Waals surface area contributed by atoms with Gasteiger partial charge in [-0.2, -0.15) is 5.10 Å². The molecule has 2 rings (SSSR count). The Morgan fingerprint density at radius 3 is 2.80 bits per heavy atom. The number of nitrogens with zero attached hydrogens (tertiary/aromatic N) is 2. The van der Waals surface area contributed by atoms with Gasteiger partial charge in [0, 0.05) is 12.5 Å². The van der Waals surface area contributed by atoms with Crippen LogP contribution in [0.3, 0.4) is 0 Å². The maximum atomic E-state index is 10.9. The lowest BCUT2D eigenvalue weighted by molar-refractivity contribution is 0.112. The molecule has 0 saturated heterocycles. The summed E-state index contributed by atoms with van der Waals surface area (Å²) in [5.41, 5.74) is 1.97. The van der Waals surface area contributed by atoms with Crippen molar-refractivity contribution in [2.45, 2.75) is 51.5 Å². The highest BCUT2D eigenvalue weighted by molar-refractivity contribution is 5.76. The molecule has 1 heterocycles. The zero-order valence-corrected chi connectivity index (χ0v) is 9.28. The number of hydrogen-bond donors (Lipinski definition) is 0. The van der Waals surface area contributed by atoms with Crippen molar-refractivity contribution in [3.8, 4) is 0 Å². The van der Waals surface area contributed by atoms with Crippen LogP contribution in [0.2, 0.25) is 0 Å². The SMILES string of the molecule is CCn1ncc(C=O)c1C1CCCCC1. The predicted molar refractivity (Wildman–Crippen MR) is 59.1 cm³/mol. The number of carbonyl (C=O) groups excluding carboxylic acids is 1. The minimum absolute atomic E-state index is 0.557. The van der Waals surface area contributed by atoms with E-state index in [-0.39, 0.29) is 0 Å². The van der Waals surface area contributed by atoms with Crippen LogP contribution < -0.4 is 0 Å². The summed E-state index contributed by atoms with van der Waals surface area (Å²) in [5.74, 6) is 0.557. The molecule has 3 nitrogen and oxygen atoms in total. The Labute approximate surface area is 90.5 Å². The van der Waals surface area contributed by atoms with Gasteiger partial charge in [0.05, 0.1) is 17.5 Å². The summed E-state index contributed by atoms with van der Waals surface area (Å²) in [6.07, 6.45) is 9.01. The molecule has 15 heavy (non-hydrogen) atoms. The quantitative estimate of drug-likeness (QED) is 0.713. The van der Waals surface area contributed by atoms with Crippen LogP contribution in [-0.4, -0.2) is 16.1 Å². The van der Waals surface area contributed by atoms with E-state index in [9.17, 15) is 4.79 Å². The third-order valence-corrected chi connectivity index (χ3v) is 3.33. The summed E-state index contributed by atoms with van der Waals surface area (Å²) in [5, 5.41) is 4.27. The third kappa shape index (κ3) is 1.96. The molecule has 1 aliphatic carbocycles. The molecule has 0 amide bonds. The molecular formula is C12H18N2O. The van der Waals surface area contributed by atoms with Crippen molar-refractivity contribution in [1.82, 2.24) is 9.78 Å². The maximum Gasteiger partial charge on any atom is 0.153 e. The molecule has 82 valence electrons. The molecule has 1 aromatic rings. The van der Waals surface area contributed by atoms with Crippen molar-refractivity contribution in [3.63, 3.8) is 0 Å². The van der Waals surface area contributed by atoms with Gasteiger partial charge in [-0.15, -0.1) is 0 Å². The van der Waals surface area contributed by atoms with Crippen molar-refractivity contribution in [3.05, 3.63) is 17.5 Å². The standard InChI is InChI=1S/C12H18N2O/c1-2-14-12(11(9-15)8-13-14)10-6-4-3-5-7-10/h8-10H,2-7H2,1H3. The largest absolute Gasteiger partial charge is 0.298 e. The topological polar surface area (TPSA) is 34.9 Å². The van der Waals surface area contributed by atoms with Gasteiger partial charge in [-0.3, -0.25) is 9.48 Å². The van der Waals surface area contributed by atoms with Gasteiger partial charge in [0.2, 0.25) is 0 Å². The molecule has 1 saturated carbocycles. The minimum atomic E-state index is 0.557. The molecule has 1 aliphatic rings. The van der Waals surface area contributed by atoms with E-state index in [2.05, 4.69) is 12.0 Å². The maximum absolute atomic E-state index is 10.9. The third-order valence-electron chi connectivity index (χ3n) is 3.33. The van der Waals surface area contributed by atoms with Crippen LogP contribution in [0.1, 0.15) is 61.0 Å². The zero-order chi connectivity index (χ0) is 10.7. The Balaban J connectivity index is 2.30. The fourth-order valence-corrected chi connectivity index (χ4v) is 2.57. The molecule has 0 unspecified atom stereocenters. The Hall–Kier alpha value is -1.12. The summed E-state index contributed by atoms with van der Waals surface area (Å²) >= 11 is 0. The van der Waals surface area contributed by atoms with Gasteiger partial charge >= 0.3 is 0 Å². The summed E-state index contributed by atoms with van der Waals surface area (Å²) in [6, 6.07) is 0. The minimum Gasteiger partial charge on any atom is -0.298 e. The van der Waals surface area contributed by atoms with Crippen LogP contribution in [0, 0.1) is 0 Å². The highest BCUT2D eigenvalue weighted by atomic mass is 16.1. The lowest BCUT2D eigenvalue weighted by Gasteiger charge is -2.22. The summed E-state index contributed by atoms with van der Waals surface area (Å²) in [7, 11) is 0. The van der Waals surface area contributed by atoms with Crippen molar-refractivity contribution >= 4 is 6.29 Å². The molecule has 3 heteroatoms. The van der Waals surface area contributed by atoms with E-state index >= 15 is 0 Å². The molecule has 1 aromatic heterocycles. The summed E-state index contributed by atoms with van der Waals surface area (Å²) in [4.78, 5) is 10.9. The van der Waals surface area contributed by atoms with E-state index in [1.165, 1.54) is 37.8 Å². The Morgan fingerprint density at radius 1 is 1.47 bits per heavy atom. The van der Waals surface area contributed by atoms with Gasteiger partial charge < -0.3 is 0 Å². The lowest BCUT2D eigenvalue weighted by Crippen LogP contribution is -2.13. The second-order valence-corrected chi connectivity index (χ2v) is 4.25. The number of hydrogen-bond acceptors (Lipinski definition) is 2. The van der Waals surface area contributed by atoms with Crippen molar-refractivity contribution in [2.24, 2.45) is 0 Å². The van der Waals surface area contributed by atoms with Crippen LogP contribution in [0.15, 0.2) is 6.20 Å². The molecule has 0 bridgehead atoms. The number of rotatable bonds is 3. The second kappa shape index (κ2) is 4.60. The van der Waals surface area contributed by atoms with Crippen LogP contribution in [-0.2, 0) is 6.54 Å². The Morgan fingerprint density at radius 2 is 2.20 bits per heavy atom. The molecule has 0 atom stereocenters. The summed E-state index contributed by atoms with van der Waals surface area (Å²) < 4.78 is 1.99.